The lowest BCUT2D eigenvalue weighted by molar-refractivity contribution is 0.0734. The Morgan fingerprint density at radius 2 is 1.67 bits per heavy atom. The summed E-state index contributed by atoms with van der Waals surface area (Å²) in [5.41, 5.74) is 0.0924. The highest BCUT2D eigenvalue weighted by Crippen LogP contribution is 2.24. The summed E-state index contributed by atoms with van der Waals surface area (Å²) in [4.78, 5) is 11.9. The van der Waals surface area contributed by atoms with Crippen molar-refractivity contribution in [3.63, 3.8) is 0 Å². The minimum atomic E-state index is -3.53. The van der Waals surface area contributed by atoms with Crippen molar-refractivity contribution in [1.82, 2.24) is 0 Å². The van der Waals surface area contributed by atoms with Crippen molar-refractivity contribution in [2.45, 2.75) is 4.90 Å². The Morgan fingerprint density at radius 1 is 1.05 bits per heavy atom. The number of halogens is 2. The molecule has 0 aliphatic carbocycles. The van der Waals surface area contributed by atoms with Gasteiger partial charge in [0.25, 0.3) is 0 Å². The molecule has 0 spiro atoms. The third kappa shape index (κ3) is 3.97. The topological polar surface area (TPSA) is 60.4 Å². The first kappa shape index (κ1) is 15.8. The van der Waals surface area contributed by atoms with E-state index in [2.05, 4.69) is 0 Å². The zero-order valence-electron chi connectivity index (χ0n) is 10.8. The van der Waals surface area contributed by atoms with Gasteiger partial charge in [-0.3, -0.25) is 0 Å². The van der Waals surface area contributed by atoms with Crippen LogP contribution in [0.1, 0.15) is 10.4 Å². The zero-order valence-corrected chi connectivity index (χ0v) is 13.2. The summed E-state index contributed by atoms with van der Waals surface area (Å²) in [7, 11) is -3.53. The van der Waals surface area contributed by atoms with Crippen LogP contribution >= 0.6 is 23.2 Å². The Labute approximate surface area is 132 Å². The highest BCUT2D eigenvalue weighted by molar-refractivity contribution is 7.90. The van der Waals surface area contributed by atoms with E-state index in [0.29, 0.717) is 10.8 Å². The largest absolute Gasteiger partial charge is 0.423 e. The Kier molecular flexibility index (Phi) is 4.56. The van der Waals surface area contributed by atoms with Gasteiger partial charge in [-0.25, -0.2) is 13.2 Å². The fraction of sp³-hybridized carbons (Fsp3) is 0.0714. The second-order valence-electron chi connectivity index (χ2n) is 4.26. The molecule has 0 N–H and O–H groups in total. The average molecular weight is 345 g/mol. The molecular formula is C14H10Cl2O4S. The second kappa shape index (κ2) is 6.05. The number of carbonyl (C=O) groups excluding carboxylic acids is 1. The summed E-state index contributed by atoms with van der Waals surface area (Å²) >= 11 is 11.5. The van der Waals surface area contributed by atoms with Gasteiger partial charge in [0.15, 0.2) is 9.84 Å². The quantitative estimate of drug-likeness (QED) is 0.630. The van der Waals surface area contributed by atoms with Crippen LogP contribution in [-0.4, -0.2) is 20.6 Å². The van der Waals surface area contributed by atoms with Gasteiger partial charge >= 0.3 is 5.97 Å². The standard InChI is InChI=1S/C14H10Cl2O4S/c1-21(18,19)13-8-9(2-7-12(13)16)14(17)20-11-5-3-10(15)4-6-11/h2-8H,1H3. The molecule has 0 aliphatic heterocycles. The van der Waals surface area contributed by atoms with Gasteiger partial charge < -0.3 is 4.74 Å². The SMILES string of the molecule is CS(=O)(=O)c1cc(C(=O)Oc2ccc(Cl)cc2)ccc1Cl. The third-order valence-corrected chi connectivity index (χ3v) is 4.42. The number of esters is 1. The maximum atomic E-state index is 12.0. The van der Waals surface area contributed by atoms with E-state index in [1.54, 1.807) is 12.1 Å². The molecule has 0 radical (unpaired) electrons. The van der Waals surface area contributed by atoms with E-state index >= 15 is 0 Å². The zero-order chi connectivity index (χ0) is 15.6. The van der Waals surface area contributed by atoms with Gasteiger partial charge in [-0.15, -0.1) is 0 Å². The molecule has 110 valence electrons. The summed E-state index contributed by atoms with van der Waals surface area (Å²) in [6, 6.07) is 10.2. The molecule has 0 aromatic heterocycles. The molecule has 0 unspecified atom stereocenters. The molecule has 0 saturated carbocycles. The van der Waals surface area contributed by atoms with E-state index in [1.165, 1.54) is 30.3 Å². The van der Waals surface area contributed by atoms with Crippen LogP contribution in [-0.2, 0) is 9.84 Å². The molecule has 4 nitrogen and oxygen atoms in total. The van der Waals surface area contributed by atoms with Crippen LogP contribution in [0.5, 0.6) is 5.75 Å². The van der Waals surface area contributed by atoms with Crippen LogP contribution in [0.15, 0.2) is 47.4 Å². The van der Waals surface area contributed by atoms with E-state index in [4.69, 9.17) is 27.9 Å². The number of hydrogen-bond acceptors (Lipinski definition) is 4. The van der Waals surface area contributed by atoms with Gasteiger partial charge in [-0.1, -0.05) is 23.2 Å². The molecule has 21 heavy (non-hydrogen) atoms. The smallest absolute Gasteiger partial charge is 0.343 e. The maximum absolute atomic E-state index is 12.0. The highest BCUT2D eigenvalue weighted by Gasteiger charge is 2.17. The lowest BCUT2D eigenvalue weighted by atomic mass is 10.2. The fourth-order valence-corrected chi connectivity index (χ4v) is 3.01. The number of sulfone groups is 1. The summed E-state index contributed by atoms with van der Waals surface area (Å²) in [6.07, 6.45) is 1.02. The highest BCUT2D eigenvalue weighted by atomic mass is 35.5. The van der Waals surface area contributed by atoms with Gasteiger partial charge in [0.05, 0.1) is 15.5 Å². The predicted octanol–water partition coefficient (Wildman–Crippen LogP) is 3.62. The average Bonchev–Trinajstić information content (AvgIpc) is 2.40. The Bertz CT molecular complexity index is 783. The van der Waals surface area contributed by atoms with Crippen LogP contribution in [0.25, 0.3) is 0 Å². The molecule has 0 atom stereocenters. The summed E-state index contributed by atoms with van der Waals surface area (Å²) < 4.78 is 28.3. The van der Waals surface area contributed by atoms with Crippen molar-refractivity contribution in [2.75, 3.05) is 6.26 Å². The van der Waals surface area contributed by atoms with E-state index in [-0.39, 0.29) is 15.5 Å². The molecule has 0 bridgehead atoms. The van der Waals surface area contributed by atoms with E-state index in [9.17, 15) is 13.2 Å². The van der Waals surface area contributed by atoms with Gasteiger partial charge in [-0.2, -0.15) is 0 Å². The first-order chi connectivity index (χ1) is 9.77. The van der Waals surface area contributed by atoms with E-state index in [1.807, 2.05) is 0 Å². The molecule has 2 aromatic carbocycles. The molecule has 0 aliphatic rings. The van der Waals surface area contributed by atoms with Gasteiger partial charge in [0, 0.05) is 11.3 Å². The van der Waals surface area contributed by atoms with E-state index in [0.717, 1.165) is 6.26 Å². The summed E-state index contributed by atoms with van der Waals surface area (Å²) in [5.74, 6) is -0.376. The monoisotopic (exact) mass is 344 g/mol. The number of benzene rings is 2. The molecular weight excluding hydrogens is 335 g/mol. The first-order valence-corrected chi connectivity index (χ1v) is 8.39. The Balaban J connectivity index is 2.30. The van der Waals surface area contributed by atoms with Crippen molar-refractivity contribution in [3.05, 3.63) is 58.1 Å². The normalized spacial score (nSPS) is 11.2. The Morgan fingerprint density at radius 3 is 2.24 bits per heavy atom. The van der Waals surface area contributed by atoms with Crippen LogP contribution in [0.4, 0.5) is 0 Å². The van der Waals surface area contributed by atoms with Crippen molar-refractivity contribution < 1.29 is 17.9 Å². The lowest BCUT2D eigenvalue weighted by Crippen LogP contribution is -2.10. The van der Waals surface area contributed by atoms with Crippen molar-refractivity contribution in [2.24, 2.45) is 0 Å². The van der Waals surface area contributed by atoms with Gasteiger partial charge in [0.2, 0.25) is 0 Å². The minimum Gasteiger partial charge on any atom is -0.423 e. The minimum absolute atomic E-state index is 0.0561. The van der Waals surface area contributed by atoms with Crippen molar-refractivity contribution >= 4 is 39.0 Å². The Hall–Kier alpha value is -1.56. The molecule has 0 amide bonds. The van der Waals surface area contributed by atoms with Crippen LogP contribution in [0.2, 0.25) is 10.0 Å². The van der Waals surface area contributed by atoms with Crippen molar-refractivity contribution in [1.29, 1.82) is 0 Å². The molecule has 2 aromatic rings. The lowest BCUT2D eigenvalue weighted by Gasteiger charge is -2.07. The van der Waals surface area contributed by atoms with Crippen LogP contribution in [0.3, 0.4) is 0 Å². The molecule has 2 rings (SSSR count). The third-order valence-electron chi connectivity index (χ3n) is 2.59. The number of rotatable bonds is 3. The number of carbonyl (C=O) groups is 1. The first-order valence-electron chi connectivity index (χ1n) is 5.75. The van der Waals surface area contributed by atoms with Crippen molar-refractivity contribution in [3.8, 4) is 5.75 Å². The predicted molar refractivity (Wildman–Crippen MR) is 81.0 cm³/mol. The fourth-order valence-electron chi connectivity index (χ4n) is 1.58. The molecule has 0 heterocycles. The van der Waals surface area contributed by atoms with Gasteiger partial charge in [0.1, 0.15) is 5.75 Å². The molecule has 0 fully saturated rings. The number of hydrogen-bond donors (Lipinski definition) is 0. The maximum Gasteiger partial charge on any atom is 0.343 e. The summed E-state index contributed by atoms with van der Waals surface area (Å²) in [5, 5.41) is 0.571. The molecule has 0 saturated heterocycles. The molecule has 7 heteroatoms. The second-order valence-corrected chi connectivity index (χ2v) is 7.09. The number of ether oxygens (including phenoxy) is 1. The van der Waals surface area contributed by atoms with Crippen LogP contribution < -0.4 is 4.74 Å². The summed E-state index contributed by atoms with van der Waals surface area (Å²) in [6.45, 7) is 0. The van der Waals surface area contributed by atoms with Crippen LogP contribution in [0, 0.1) is 0 Å². The van der Waals surface area contributed by atoms with Gasteiger partial charge in [-0.05, 0) is 42.5 Å². The van der Waals surface area contributed by atoms with E-state index < -0.39 is 15.8 Å².